The lowest BCUT2D eigenvalue weighted by molar-refractivity contribution is -0.132. The van der Waals surface area contributed by atoms with Crippen molar-refractivity contribution in [3.63, 3.8) is 0 Å². The number of allylic oxidation sites excluding steroid dienone is 3. The summed E-state index contributed by atoms with van der Waals surface area (Å²) in [4.78, 5) is 12.5. The molecular weight excluding hydrogens is 598 g/mol. The minimum Gasteiger partial charge on any atom is -0.394 e. The third kappa shape index (κ3) is 30.8. The van der Waals surface area contributed by atoms with Crippen molar-refractivity contribution in [3.05, 3.63) is 24.3 Å². The van der Waals surface area contributed by atoms with Crippen molar-refractivity contribution in [3.8, 4) is 0 Å². The van der Waals surface area contributed by atoms with E-state index in [4.69, 9.17) is 0 Å². The topological polar surface area (TPSA) is 110 Å². The van der Waals surface area contributed by atoms with Crippen LogP contribution in [0.2, 0.25) is 0 Å². The average molecular weight is 680 g/mol. The molecule has 6 nitrogen and oxygen atoms in total. The summed E-state index contributed by atoms with van der Waals surface area (Å²) < 4.78 is 0. The van der Waals surface area contributed by atoms with Gasteiger partial charge in [0.25, 0.3) is 0 Å². The van der Waals surface area contributed by atoms with Crippen LogP contribution in [0.15, 0.2) is 24.3 Å². The van der Waals surface area contributed by atoms with Crippen molar-refractivity contribution in [1.29, 1.82) is 0 Å². The highest BCUT2D eigenvalue weighted by Gasteiger charge is 2.28. The minimum absolute atomic E-state index is 0.206. The summed E-state index contributed by atoms with van der Waals surface area (Å²) in [5, 5.41) is 43.4. The van der Waals surface area contributed by atoms with E-state index in [1.807, 2.05) is 12.2 Å². The second-order valence-electron chi connectivity index (χ2n) is 14.4. The van der Waals surface area contributed by atoms with E-state index in [1.54, 1.807) is 6.08 Å². The van der Waals surface area contributed by atoms with Crippen molar-refractivity contribution in [2.24, 2.45) is 0 Å². The molecule has 3 unspecified atom stereocenters. The zero-order valence-corrected chi connectivity index (χ0v) is 31.7. The van der Waals surface area contributed by atoms with Crippen molar-refractivity contribution in [1.82, 2.24) is 5.32 Å². The SMILES string of the molecule is CCCCCCCCC/C=C/C=C/CC(O)C(O)C(CO)NC(=O)[C@H](O)CCCCCCCCCCCCCCCCCCCCCC. The second kappa shape index (κ2) is 37.1. The first kappa shape index (κ1) is 46.8. The van der Waals surface area contributed by atoms with Crippen LogP contribution in [-0.2, 0) is 4.79 Å². The minimum atomic E-state index is -1.33. The number of nitrogens with one attached hydrogen (secondary N) is 1. The van der Waals surface area contributed by atoms with Crippen LogP contribution in [0.25, 0.3) is 0 Å². The molecule has 0 radical (unpaired) electrons. The summed E-state index contributed by atoms with van der Waals surface area (Å²) in [5.41, 5.74) is 0. The van der Waals surface area contributed by atoms with E-state index in [1.165, 1.54) is 154 Å². The molecule has 4 atom stereocenters. The molecule has 0 aliphatic heterocycles. The number of carbonyl (C=O) groups is 1. The maximum absolute atomic E-state index is 12.5. The van der Waals surface area contributed by atoms with E-state index in [0.29, 0.717) is 6.42 Å². The predicted octanol–water partition coefficient (Wildman–Crippen LogP) is 10.4. The van der Waals surface area contributed by atoms with Crippen molar-refractivity contribution in [2.75, 3.05) is 6.61 Å². The van der Waals surface area contributed by atoms with Crippen molar-refractivity contribution < 1.29 is 25.2 Å². The van der Waals surface area contributed by atoms with Gasteiger partial charge in [0.1, 0.15) is 12.2 Å². The molecule has 0 aromatic heterocycles. The van der Waals surface area contributed by atoms with Crippen LogP contribution >= 0.6 is 0 Å². The van der Waals surface area contributed by atoms with Crippen LogP contribution in [0.5, 0.6) is 0 Å². The number of rotatable bonds is 37. The van der Waals surface area contributed by atoms with Crippen LogP contribution in [0.1, 0.15) is 206 Å². The highest BCUT2D eigenvalue weighted by molar-refractivity contribution is 5.80. The molecule has 5 N–H and O–H groups in total. The predicted molar refractivity (Wildman–Crippen MR) is 205 cm³/mol. The zero-order chi connectivity index (χ0) is 35.3. The fourth-order valence-electron chi connectivity index (χ4n) is 6.34. The molecule has 0 aliphatic rings. The molecule has 0 aromatic carbocycles. The van der Waals surface area contributed by atoms with Gasteiger partial charge in [0.2, 0.25) is 5.91 Å². The first-order valence-corrected chi connectivity index (χ1v) is 20.7. The summed E-state index contributed by atoms with van der Waals surface area (Å²) in [6, 6.07) is -1.03. The van der Waals surface area contributed by atoms with Gasteiger partial charge in [0.05, 0.1) is 18.8 Å². The Kier molecular flexibility index (Phi) is 36.1. The third-order valence-corrected chi connectivity index (χ3v) is 9.70. The van der Waals surface area contributed by atoms with Crippen LogP contribution < -0.4 is 5.32 Å². The maximum Gasteiger partial charge on any atom is 0.249 e. The molecule has 48 heavy (non-hydrogen) atoms. The van der Waals surface area contributed by atoms with Gasteiger partial charge >= 0.3 is 0 Å². The molecule has 0 saturated carbocycles. The van der Waals surface area contributed by atoms with Gasteiger partial charge in [-0.1, -0.05) is 205 Å². The van der Waals surface area contributed by atoms with Gasteiger partial charge in [-0.2, -0.15) is 0 Å². The molecule has 284 valence electrons. The fraction of sp³-hybridized carbons (Fsp3) is 0.881. The molecule has 1 amide bonds. The summed E-state index contributed by atoms with van der Waals surface area (Å²) in [7, 11) is 0. The van der Waals surface area contributed by atoms with Gasteiger partial charge < -0.3 is 25.7 Å². The van der Waals surface area contributed by atoms with Crippen molar-refractivity contribution in [2.45, 2.75) is 231 Å². The zero-order valence-electron chi connectivity index (χ0n) is 31.7. The number of carbonyl (C=O) groups excluding carboxylic acids is 1. The maximum atomic E-state index is 12.5. The Labute approximate surface area is 297 Å². The quantitative estimate of drug-likeness (QED) is 0.0332. The monoisotopic (exact) mass is 680 g/mol. The Morgan fingerprint density at radius 2 is 0.917 bits per heavy atom. The molecule has 0 heterocycles. The third-order valence-electron chi connectivity index (χ3n) is 9.70. The highest BCUT2D eigenvalue weighted by Crippen LogP contribution is 2.16. The van der Waals surface area contributed by atoms with Gasteiger partial charge in [-0.05, 0) is 25.7 Å². The number of aliphatic hydroxyl groups is 4. The molecular formula is C42H81NO5. The van der Waals surface area contributed by atoms with Crippen LogP contribution in [-0.4, -0.2) is 57.3 Å². The highest BCUT2D eigenvalue weighted by atomic mass is 16.3. The van der Waals surface area contributed by atoms with E-state index in [2.05, 4.69) is 25.2 Å². The number of amides is 1. The lowest BCUT2D eigenvalue weighted by atomic mass is 10.0. The Balaban J connectivity index is 3.78. The van der Waals surface area contributed by atoms with E-state index in [9.17, 15) is 25.2 Å². The number of unbranched alkanes of at least 4 members (excludes halogenated alkanes) is 26. The largest absolute Gasteiger partial charge is 0.394 e. The fourth-order valence-corrected chi connectivity index (χ4v) is 6.34. The summed E-state index contributed by atoms with van der Waals surface area (Å²) >= 11 is 0. The first-order valence-electron chi connectivity index (χ1n) is 20.7. The molecule has 0 aromatic rings. The average Bonchev–Trinajstić information content (AvgIpc) is 3.09. The number of hydrogen-bond donors (Lipinski definition) is 5. The normalized spacial score (nSPS) is 14.5. The number of hydrogen-bond acceptors (Lipinski definition) is 5. The molecule has 0 fully saturated rings. The van der Waals surface area contributed by atoms with Gasteiger partial charge in [-0.25, -0.2) is 0 Å². The Bertz CT molecular complexity index is 727. The molecule has 0 aliphatic carbocycles. The number of aliphatic hydroxyl groups excluding tert-OH is 4. The van der Waals surface area contributed by atoms with E-state index in [0.717, 1.165) is 25.7 Å². The van der Waals surface area contributed by atoms with Gasteiger partial charge in [0.15, 0.2) is 0 Å². The lowest BCUT2D eigenvalue weighted by Gasteiger charge is -2.26. The van der Waals surface area contributed by atoms with E-state index >= 15 is 0 Å². The molecule has 6 heteroatoms. The smallest absolute Gasteiger partial charge is 0.249 e. The summed E-state index contributed by atoms with van der Waals surface area (Å²) in [6.45, 7) is 4.00. The first-order chi connectivity index (χ1) is 23.5. The molecule has 0 saturated heterocycles. The van der Waals surface area contributed by atoms with Crippen molar-refractivity contribution >= 4 is 5.91 Å². The standard InChI is InChI=1S/C42H81NO5/c1-3-5-7-9-11-13-15-17-18-19-20-21-22-23-24-26-28-30-32-34-36-40(46)42(48)43-38(37-44)41(47)39(45)35-33-31-29-27-25-16-14-12-10-8-6-4-2/h27,29,31,33,38-41,44-47H,3-26,28,30,32,34-37H2,1-2H3,(H,43,48)/b29-27+,33-31+/t38?,39?,40-,41?/m1/s1. The lowest BCUT2D eigenvalue weighted by Crippen LogP contribution is -2.52. The van der Waals surface area contributed by atoms with Gasteiger partial charge in [-0.15, -0.1) is 0 Å². The van der Waals surface area contributed by atoms with Crippen LogP contribution in [0.4, 0.5) is 0 Å². The van der Waals surface area contributed by atoms with Gasteiger partial charge in [0, 0.05) is 0 Å². The second-order valence-corrected chi connectivity index (χ2v) is 14.4. The van der Waals surface area contributed by atoms with E-state index < -0.39 is 36.9 Å². The Hall–Kier alpha value is -1.21. The Morgan fingerprint density at radius 1 is 0.542 bits per heavy atom. The molecule has 0 spiro atoms. The van der Waals surface area contributed by atoms with E-state index in [-0.39, 0.29) is 6.42 Å². The van der Waals surface area contributed by atoms with Crippen LogP contribution in [0.3, 0.4) is 0 Å². The summed E-state index contributed by atoms with van der Waals surface area (Å²) in [6.07, 6.45) is 40.8. The molecule has 0 bridgehead atoms. The summed E-state index contributed by atoms with van der Waals surface area (Å²) in [5.74, 6) is -0.609. The molecule has 0 rings (SSSR count). The van der Waals surface area contributed by atoms with Crippen LogP contribution in [0, 0.1) is 0 Å². The Morgan fingerprint density at radius 3 is 1.33 bits per heavy atom. The van der Waals surface area contributed by atoms with Gasteiger partial charge in [-0.3, -0.25) is 4.79 Å².